The van der Waals surface area contributed by atoms with E-state index in [4.69, 9.17) is 11.6 Å². The lowest BCUT2D eigenvalue weighted by Gasteiger charge is -2.08. The maximum atomic E-state index is 12.6. The number of H-pyrrole nitrogens is 1. The molecule has 0 fully saturated rings. The summed E-state index contributed by atoms with van der Waals surface area (Å²) >= 11 is 6.06. The largest absolute Gasteiger partial charge is 0.360 e. The lowest BCUT2D eigenvalue weighted by Crippen LogP contribution is -2.23. The molecule has 0 aliphatic heterocycles. The van der Waals surface area contributed by atoms with Gasteiger partial charge in [-0.05, 0) is 43.2 Å². The summed E-state index contributed by atoms with van der Waals surface area (Å²) in [5.74, 6) is -0.0631. The Morgan fingerprint density at radius 3 is 2.78 bits per heavy atom. The molecule has 23 heavy (non-hydrogen) atoms. The number of pyridine rings is 2. The molecule has 3 aromatic rings. The van der Waals surface area contributed by atoms with Crippen molar-refractivity contribution >= 4 is 34.2 Å². The molecule has 0 radical (unpaired) electrons. The van der Waals surface area contributed by atoms with Crippen LogP contribution >= 0.6 is 11.6 Å². The number of carbonyl (C=O) groups is 1. The zero-order chi connectivity index (χ0) is 16.6. The number of aromatic nitrogens is 2. The molecule has 6 heteroatoms. The summed E-state index contributed by atoms with van der Waals surface area (Å²) in [6.45, 7) is 3.65. The van der Waals surface area contributed by atoms with Crippen LogP contribution < -0.4 is 10.7 Å². The zero-order valence-corrected chi connectivity index (χ0v) is 13.4. The van der Waals surface area contributed by atoms with Gasteiger partial charge in [-0.25, -0.2) is 4.98 Å². The number of nitrogens with zero attached hydrogens (tertiary/aromatic N) is 1. The van der Waals surface area contributed by atoms with E-state index in [2.05, 4.69) is 15.3 Å². The Morgan fingerprint density at radius 1 is 1.26 bits per heavy atom. The number of nitrogens with one attached hydrogen (secondary N) is 2. The van der Waals surface area contributed by atoms with Crippen molar-refractivity contribution in [3.63, 3.8) is 0 Å². The Balaban J connectivity index is 2.05. The number of fused-ring (bicyclic) bond motifs is 1. The zero-order valence-electron chi connectivity index (χ0n) is 12.6. The first-order valence-corrected chi connectivity index (χ1v) is 7.40. The van der Waals surface area contributed by atoms with Crippen molar-refractivity contribution in [2.45, 2.75) is 13.8 Å². The van der Waals surface area contributed by atoms with E-state index in [1.807, 2.05) is 19.9 Å². The number of aromatic amines is 1. The van der Waals surface area contributed by atoms with Crippen molar-refractivity contribution in [1.29, 1.82) is 0 Å². The van der Waals surface area contributed by atoms with E-state index in [0.29, 0.717) is 21.7 Å². The number of hydrogen-bond donors (Lipinski definition) is 2. The summed E-state index contributed by atoms with van der Waals surface area (Å²) in [6, 6.07) is 6.88. The molecular weight excluding hydrogens is 314 g/mol. The number of rotatable bonds is 2. The fourth-order valence-corrected chi connectivity index (χ4v) is 2.53. The van der Waals surface area contributed by atoms with E-state index in [1.165, 1.54) is 6.20 Å². The monoisotopic (exact) mass is 327 g/mol. The van der Waals surface area contributed by atoms with Crippen LogP contribution in [0.1, 0.15) is 21.5 Å². The molecule has 0 saturated heterocycles. The Morgan fingerprint density at radius 2 is 2.04 bits per heavy atom. The quantitative estimate of drug-likeness (QED) is 0.757. The Hall–Kier alpha value is -2.66. The normalized spacial score (nSPS) is 10.7. The highest BCUT2D eigenvalue weighted by Crippen LogP contribution is 2.22. The first-order valence-electron chi connectivity index (χ1n) is 7.02. The predicted molar refractivity (Wildman–Crippen MR) is 91.2 cm³/mol. The number of carbonyl (C=O) groups excluding carboxylic acids is 1. The molecule has 0 bridgehead atoms. The number of hydrogen-bond acceptors (Lipinski definition) is 3. The van der Waals surface area contributed by atoms with Gasteiger partial charge in [0.1, 0.15) is 11.4 Å². The van der Waals surface area contributed by atoms with Gasteiger partial charge < -0.3 is 10.3 Å². The fourth-order valence-electron chi connectivity index (χ4n) is 2.38. The van der Waals surface area contributed by atoms with Gasteiger partial charge >= 0.3 is 0 Å². The van der Waals surface area contributed by atoms with Gasteiger partial charge in [-0.3, -0.25) is 9.59 Å². The summed E-state index contributed by atoms with van der Waals surface area (Å²) in [5.41, 5.74) is 1.91. The summed E-state index contributed by atoms with van der Waals surface area (Å²) in [7, 11) is 0. The van der Waals surface area contributed by atoms with Gasteiger partial charge in [-0.1, -0.05) is 17.7 Å². The maximum Gasteiger partial charge on any atom is 0.262 e. The van der Waals surface area contributed by atoms with Gasteiger partial charge in [-0.15, -0.1) is 0 Å². The van der Waals surface area contributed by atoms with Gasteiger partial charge in [0.2, 0.25) is 5.43 Å². The van der Waals surface area contributed by atoms with Gasteiger partial charge in [0, 0.05) is 22.8 Å². The van der Waals surface area contributed by atoms with Crippen LogP contribution in [0.15, 0.2) is 41.5 Å². The van der Waals surface area contributed by atoms with Crippen LogP contribution in [0, 0.1) is 13.8 Å². The number of amides is 1. The first-order chi connectivity index (χ1) is 11.0. The molecule has 0 aliphatic rings. The lowest BCUT2D eigenvalue weighted by atomic mass is 10.1. The minimum Gasteiger partial charge on any atom is -0.360 e. The number of anilines is 1. The minimum absolute atomic E-state index is 0.0317. The molecule has 1 amide bonds. The van der Waals surface area contributed by atoms with Crippen molar-refractivity contribution in [2.24, 2.45) is 0 Å². The van der Waals surface area contributed by atoms with Crippen LogP contribution in [-0.4, -0.2) is 15.9 Å². The number of benzene rings is 1. The molecule has 0 saturated carbocycles. The van der Waals surface area contributed by atoms with Crippen LogP contribution in [0.25, 0.3) is 10.9 Å². The second-order valence-electron chi connectivity index (χ2n) is 5.25. The summed E-state index contributed by atoms with van der Waals surface area (Å²) in [6.07, 6.45) is 2.99. The Bertz CT molecular complexity index is 979. The molecule has 116 valence electrons. The fraction of sp³-hybridized carbons (Fsp3) is 0.118. The first kappa shape index (κ1) is 15.2. The third kappa shape index (κ3) is 2.71. The molecule has 2 aromatic heterocycles. The Kier molecular flexibility index (Phi) is 3.88. The lowest BCUT2D eigenvalue weighted by molar-refractivity contribution is 0.102. The average molecular weight is 328 g/mol. The Labute approximate surface area is 137 Å². The smallest absolute Gasteiger partial charge is 0.262 e. The third-order valence-electron chi connectivity index (χ3n) is 3.74. The molecule has 0 atom stereocenters. The van der Waals surface area contributed by atoms with E-state index in [0.717, 1.165) is 11.1 Å². The van der Waals surface area contributed by atoms with Crippen LogP contribution in [0.2, 0.25) is 5.02 Å². The second-order valence-corrected chi connectivity index (χ2v) is 5.66. The summed E-state index contributed by atoms with van der Waals surface area (Å²) < 4.78 is 0. The highest BCUT2D eigenvalue weighted by Gasteiger charge is 2.15. The molecule has 0 spiro atoms. The molecule has 0 unspecified atom stereocenters. The van der Waals surface area contributed by atoms with Gasteiger partial charge in [-0.2, -0.15) is 0 Å². The maximum absolute atomic E-state index is 12.6. The highest BCUT2D eigenvalue weighted by molar-refractivity contribution is 6.32. The molecule has 0 aliphatic carbocycles. The van der Waals surface area contributed by atoms with E-state index in [9.17, 15) is 9.59 Å². The summed E-state index contributed by atoms with van der Waals surface area (Å²) in [4.78, 5) is 32.0. The van der Waals surface area contributed by atoms with E-state index < -0.39 is 5.91 Å². The molecule has 2 N–H and O–H groups in total. The van der Waals surface area contributed by atoms with E-state index >= 15 is 0 Å². The van der Waals surface area contributed by atoms with E-state index in [1.54, 1.807) is 24.4 Å². The third-order valence-corrected chi connectivity index (χ3v) is 4.14. The molecule has 5 nitrogen and oxygen atoms in total. The second kappa shape index (κ2) is 5.85. The van der Waals surface area contributed by atoms with Crippen LogP contribution in [0.3, 0.4) is 0 Å². The number of aryl methyl sites for hydroxylation is 2. The van der Waals surface area contributed by atoms with Crippen molar-refractivity contribution in [3.05, 3.63) is 68.6 Å². The highest BCUT2D eigenvalue weighted by atomic mass is 35.5. The van der Waals surface area contributed by atoms with Gasteiger partial charge in [0.05, 0.1) is 5.52 Å². The predicted octanol–water partition coefficient (Wildman–Crippen LogP) is 3.45. The SMILES string of the molecule is Cc1cccnc1NC(=O)c1c[nH]c2c(C)c(Cl)ccc2c1=O. The average Bonchev–Trinajstić information content (AvgIpc) is 2.53. The van der Waals surface area contributed by atoms with Crippen molar-refractivity contribution < 1.29 is 4.79 Å². The molecular formula is C17H14ClN3O2. The van der Waals surface area contributed by atoms with Crippen LogP contribution in [-0.2, 0) is 0 Å². The van der Waals surface area contributed by atoms with Gasteiger partial charge in [0.15, 0.2) is 0 Å². The van der Waals surface area contributed by atoms with Gasteiger partial charge in [0.25, 0.3) is 5.91 Å². The standard InChI is InChI=1S/C17H14ClN3O2/c1-9-4-3-7-19-16(9)21-17(23)12-8-20-14-10(2)13(18)6-5-11(14)15(12)22/h3-8H,1-2H3,(H,20,22)(H,19,21,23). The molecule has 1 aromatic carbocycles. The minimum atomic E-state index is -0.498. The van der Waals surface area contributed by atoms with Crippen molar-refractivity contribution in [2.75, 3.05) is 5.32 Å². The summed E-state index contributed by atoms with van der Waals surface area (Å²) in [5, 5.41) is 3.65. The van der Waals surface area contributed by atoms with Crippen molar-refractivity contribution in [1.82, 2.24) is 9.97 Å². The topological polar surface area (TPSA) is 74.8 Å². The number of halogens is 1. The van der Waals surface area contributed by atoms with Crippen molar-refractivity contribution in [3.8, 4) is 0 Å². The van der Waals surface area contributed by atoms with E-state index in [-0.39, 0.29) is 11.0 Å². The molecule has 2 heterocycles. The van der Waals surface area contributed by atoms with Crippen LogP contribution in [0.5, 0.6) is 0 Å². The van der Waals surface area contributed by atoms with Crippen LogP contribution in [0.4, 0.5) is 5.82 Å². The molecule has 3 rings (SSSR count).